The summed E-state index contributed by atoms with van der Waals surface area (Å²) >= 11 is 0. The molecule has 0 N–H and O–H groups in total. The lowest BCUT2D eigenvalue weighted by Crippen LogP contribution is -2.21. The van der Waals surface area contributed by atoms with Gasteiger partial charge in [0.1, 0.15) is 11.2 Å². The minimum Gasteiger partial charge on any atom is -0.422 e. The molecule has 2 heterocycles. The van der Waals surface area contributed by atoms with E-state index in [9.17, 15) is 9.59 Å². The molecule has 0 bridgehead atoms. The normalized spacial score (nSPS) is 13.3. The van der Waals surface area contributed by atoms with Crippen LogP contribution >= 0.6 is 0 Å². The number of fused-ring (bicyclic) bond motifs is 7. The lowest BCUT2D eigenvalue weighted by Gasteiger charge is -2.21. The average Bonchev–Trinajstić information content (AvgIpc) is 3.29. The van der Waals surface area contributed by atoms with Crippen LogP contribution in [0.4, 0.5) is 5.69 Å². The van der Waals surface area contributed by atoms with Crippen molar-refractivity contribution in [3.05, 3.63) is 135 Å². The second kappa shape index (κ2) is 10.3. The van der Waals surface area contributed by atoms with Crippen molar-refractivity contribution in [2.75, 3.05) is 18.0 Å². The molecule has 2 aromatic heterocycles. The summed E-state index contributed by atoms with van der Waals surface area (Å²) in [6.45, 7) is 10.4. The largest absolute Gasteiger partial charge is 0.422 e. The Kier molecular flexibility index (Phi) is 6.30. The number of anilines is 1. The zero-order valence-electron chi connectivity index (χ0n) is 26.3. The second-order valence-corrected chi connectivity index (χ2v) is 12.6. The van der Waals surface area contributed by atoms with E-state index < -0.39 is 0 Å². The molecule has 0 fully saturated rings. The molecule has 226 valence electrons. The third-order valence-electron chi connectivity index (χ3n) is 9.77. The molecule has 0 unspecified atom stereocenters. The number of hydrogen-bond donors (Lipinski definition) is 0. The summed E-state index contributed by atoms with van der Waals surface area (Å²) in [4.78, 5) is 29.0. The van der Waals surface area contributed by atoms with Crippen LogP contribution in [-0.4, -0.2) is 13.1 Å². The Morgan fingerprint density at radius 2 is 1.17 bits per heavy atom. The molecule has 5 aromatic carbocycles. The first-order chi connectivity index (χ1) is 22.3. The number of hydrogen-bond acceptors (Lipinski definition) is 5. The Balaban J connectivity index is 1.24. The Morgan fingerprint density at radius 1 is 0.587 bits per heavy atom. The fraction of sp³-hybridized carbons (Fsp3) is 0.171. The van der Waals surface area contributed by atoms with Gasteiger partial charge in [-0.2, -0.15) is 0 Å². The highest BCUT2D eigenvalue weighted by Crippen LogP contribution is 2.50. The van der Waals surface area contributed by atoms with Gasteiger partial charge in [-0.3, -0.25) is 0 Å². The minimum atomic E-state index is -0.368. The zero-order valence-corrected chi connectivity index (χ0v) is 26.3. The van der Waals surface area contributed by atoms with Crippen LogP contribution in [0.15, 0.2) is 122 Å². The highest BCUT2D eigenvalue weighted by molar-refractivity contribution is 6.04. The lowest BCUT2D eigenvalue weighted by atomic mass is 9.82. The second-order valence-electron chi connectivity index (χ2n) is 12.6. The molecule has 1 aliphatic rings. The summed E-state index contributed by atoms with van der Waals surface area (Å²) in [6, 6.07) is 34.3. The van der Waals surface area contributed by atoms with Gasteiger partial charge in [0, 0.05) is 46.4 Å². The van der Waals surface area contributed by atoms with Crippen LogP contribution in [0, 0.1) is 0 Å². The van der Waals surface area contributed by atoms with Gasteiger partial charge in [-0.1, -0.05) is 74.5 Å². The van der Waals surface area contributed by atoms with Gasteiger partial charge in [-0.25, -0.2) is 9.59 Å². The summed E-state index contributed by atoms with van der Waals surface area (Å²) in [5.74, 6) is 0. The van der Waals surface area contributed by atoms with Gasteiger partial charge in [-0.05, 0) is 89.0 Å². The van der Waals surface area contributed by atoms with Gasteiger partial charge in [0.15, 0.2) is 0 Å². The van der Waals surface area contributed by atoms with Crippen LogP contribution in [0.25, 0.3) is 66.1 Å². The SMILES string of the molecule is CCN(CC)c1ccc2cc(-c3ccc4c(c3)-c3cc(-c5cc6ccc7ccccc7c6oc5=O)ccc3C4(C)C)c(=O)oc2c1. The van der Waals surface area contributed by atoms with E-state index in [1.165, 1.54) is 11.1 Å². The molecule has 0 saturated heterocycles. The summed E-state index contributed by atoms with van der Waals surface area (Å²) < 4.78 is 11.8. The summed E-state index contributed by atoms with van der Waals surface area (Å²) in [6.07, 6.45) is 0. The molecule has 46 heavy (non-hydrogen) atoms. The number of nitrogens with zero attached hydrogens (tertiary/aromatic N) is 1. The molecule has 5 nitrogen and oxygen atoms in total. The van der Waals surface area contributed by atoms with Crippen LogP contribution in [0.5, 0.6) is 0 Å². The molecule has 0 radical (unpaired) electrons. The van der Waals surface area contributed by atoms with Crippen molar-refractivity contribution < 1.29 is 8.83 Å². The Labute approximate surface area is 266 Å². The van der Waals surface area contributed by atoms with E-state index in [4.69, 9.17) is 8.83 Å². The molecule has 1 aliphatic carbocycles. The first-order valence-corrected chi connectivity index (χ1v) is 15.9. The van der Waals surface area contributed by atoms with Crippen molar-refractivity contribution in [3.63, 3.8) is 0 Å². The molecule has 5 heteroatoms. The third-order valence-corrected chi connectivity index (χ3v) is 9.77. The molecule has 0 spiro atoms. The van der Waals surface area contributed by atoms with E-state index in [2.05, 4.69) is 69.0 Å². The van der Waals surface area contributed by atoms with Gasteiger partial charge < -0.3 is 13.7 Å². The van der Waals surface area contributed by atoms with Gasteiger partial charge in [0.2, 0.25) is 0 Å². The molecular weight excluding hydrogens is 570 g/mol. The van der Waals surface area contributed by atoms with E-state index >= 15 is 0 Å². The van der Waals surface area contributed by atoms with Gasteiger partial charge in [-0.15, -0.1) is 0 Å². The van der Waals surface area contributed by atoms with E-state index in [-0.39, 0.29) is 16.7 Å². The van der Waals surface area contributed by atoms with Crippen LogP contribution < -0.4 is 16.2 Å². The van der Waals surface area contributed by atoms with E-state index in [0.717, 1.165) is 62.6 Å². The molecule has 7 aromatic rings. The van der Waals surface area contributed by atoms with Gasteiger partial charge in [0.25, 0.3) is 0 Å². The molecule has 0 aliphatic heterocycles. The fourth-order valence-corrected chi connectivity index (χ4v) is 7.24. The average molecular weight is 604 g/mol. The number of benzene rings is 5. The van der Waals surface area contributed by atoms with Crippen molar-refractivity contribution in [1.82, 2.24) is 0 Å². The summed E-state index contributed by atoms with van der Waals surface area (Å²) in [5.41, 5.74) is 8.33. The Bertz CT molecular complexity index is 2480. The monoisotopic (exact) mass is 603 g/mol. The lowest BCUT2D eigenvalue weighted by molar-refractivity contribution is 0.563. The smallest absolute Gasteiger partial charge is 0.344 e. The van der Waals surface area contributed by atoms with E-state index in [1.54, 1.807) is 0 Å². The minimum absolute atomic E-state index is 0.246. The molecule has 0 atom stereocenters. The van der Waals surface area contributed by atoms with Crippen molar-refractivity contribution in [3.8, 4) is 33.4 Å². The van der Waals surface area contributed by atoms with Gasteiger partial charge >= 0.3 is 11.3 Å². The number of rotatable bonds is 5. The van der Waals surface area contributed by atoms with Crippen molar-refractivity contribution >= 4 is 38.4 Å². The Hall–Kier alpha value is -5.42. The van der Waals surface area contributed by atoms with Gasteiger partial charge in [0.05, 0.1) is 11.1 Å². The first-order valence-electron chi connectivity index (χ1n) is 15.9. The predicted octanol–water partition coefficient (Wildman–Crippen LogP) is 9.54. The zero-order chi connectivity index (χ0) is 31.7. The van der Waals surface area contributed by atoms with Crippen LogP contribution in [0.1, 0.15) is 38.8 Å². The summed E-state index contributed by atoms with van der Waals surface area (Å²) in [5, 5.41) is 3.71. The topological polar surface area (TPSA) is 63.7 Å². The summed E-state index contributed by atoms with van der Waals surface area (Å²) in [7, 11) is 0. The third kappa shape index (κ3) is 4.22. The maximum Gasteiger partial charge on any atom is 0.344 e. The van der Waals surface area contributed by atoms with Crippen molar-refractivity contribution in [2.24, 2.45) is 0 Å². The maximum absolute atomic E-state index is 13.4. The molecule has 8 rings (SSSR count). The maximum atomic E-state index is 13.4. The van der Waals surface area contributed by atoms with Crippen LogP contribution in [0.3, 0.4) is 0 Å². The molecule has 0 amide bonds. The molecule has 0 saturated carbocycles. The first kappa shape index (κ1) is 28.1. The van der Waals surface area contributed by atoms with E-state index in [0.29, 0.717) is 22.3 Å². The quantitative estimate of drug-likeness (QED) is 0.145. The van der Waals surface area contributed by atoms with Crippen LogP contribution in [0.2, 0.25) is 0 Å². The van der Waals surface area contributed by atoms with Crippen molar-refractivity contribution in [2.45, 2.75) is 33.1 Å². The highest BCUT2D eigenvalue weighted by atomic mass is 16.4. The van der Waals surface area contributed by atoms with Crippen LogP contribution in [-0.2, 0) is 5.41 Å². The molecular formula is C41H33NO4. The van der Waals surface area contributed by atoms with E-state index in [1.807, 2.05) is 66.7 Å². The van der Waals surface area contributed by atoms with Crippen molar-refractivity contribution in [1.29, 1.82) is 0 Å². The Morgan fingerprint density at radius 3 is 1.85 bits per heavy atom. The highest BCUT2D eigenvalue weighted by Gasteiger charge is 2.36. The standard InChI is InChI=1S/C41H33NO4/c1-5-42(6-2)29-16-13-27-21-31(39(43)45-37(27)23-29)25-14-17-35-33(19-25)34-20-26(15-18-36(34)41(35,3)4)32-22-28-12-11-24-9-7-8-10-30(24)38(28)46-40(32)44/h7-23H,5-6H2,1-4H3. The fourth-order valence-electron chi connectivity index (χ4n) is 7.24. The predicted molar refractivity (Wildman–Crippen MR) is 188 cm³/mol.